The van der Waals surface area contributed by atoms with Gasteiger partial charge in [-0.2, -0.15) is 0 Å². The van der Waals surface area contributed by atoms with Gasteiger partial charge in [-0.05, 0) is 31.0 Å². The Morgan fingerprint density at radius 2 is 2.40 bits per heavy atom. The van der Waals surface area contributed by atoms with Crippen molar-refractivity contribution in [2.24, 2.45) is 0 Å². The largest absolute Gasteiger partial charge is 0.395 e. The van der Waals surface area contributed by atoms with Gasteiger partial charge in [0.05, 0.1) is 13.0 Å². The Bertz CT molecular complexity index is 411. The van der Waals surface area contributed by atoms with Crippen molar-refractivity contribution in [2.45, 2.75) is 31.7 Å². The SMILES string of the molecule is O=C(Cc1cccnc1)NCCN1CCCCC1CO. The first-order valence-corrected chi connectivity index (χ1v) is 7.30. The molecule has 0 aliphatic carbocycles. The molecule has 1 aliphatic heterocycles. The number of nitrogens with zero attached hydrogens (tertiary/aromatic N) is 2. The summed E-state index contributed by atoms with van der Waals surface area (Å²) in [6, 6.07) is 4.00. The summed E-state index contributed by atoms with van der Waals surface area (Å²) in [6.07, 6.45) is 7.21. The summed E-state index contributed by atoms with van der Waals surface area (Å²) in [5.74, 6) is 0.0237. The van der Waals surface area contributed by atoms with Gasteiger partial charge in [0.15, 0.2) is 0 Å². The summed E-state index contributed by atoms with van der Waals surface area (Å²) in [4.78, 5) is 18.1. The number of rotatable bonds is 6. The Kier molecular flexibility index (Phi) is 5.95. The molecule has 1 saturated heterocycles. The van der Waals surface area contributed by atoms with Crippen LogP contribution >= 0.6 is 0 Å². The molecule has 1 aromatic heterocycles. The number of piperidine rings is 1. The first-order valence-electron chi connectivity index (χ1n) is 7.30. The molecular formula is C15H23N3O2. The molecule has 2 rings (SSSR count). The summed E-state index contributed by atoms with van der Waals surface area (Å²) in [6.45, 7) is 2.67. The van der Waals surface area contributed by atoms with E-state index in [9.17, 15) is 9.90 Å². The molecule has 1 unspecified atom stereocenters. The van der Waals surface area contributed by atoms with E-state index in [0.29, 0.717) is 13.0 Å². The number of aliphatic hydroxyl groups excluding tert-OH is 1. The molecule has 1 aromatic rings. The molecule has 20 heavy (non-hydrogen) atoms. The van der Waals surface area contributed by atoms with Crippen molar-refractivity contribution in [2.75, 3.05) is 26.2 Å². The molecule has 1 atom stereocenters. The fourth-order valence-corrected chi connectivity index (χ4v) is 2.65. The minimum atomic E-state index is 0.0237. The van der Waals surface area contributed by atoms with E-state index >= 15 is 0 Å². The summed E-state index contributed by atoms with van der Waals surface area (Å²) in [5.41, 5.74) is 0.927. The maximum absolute atomic E-state index is 11.8. The van der Waals surface area contributed by atoms with E-state index in [0.717, 1.165) is 25.1 Å². The summed E-state index contributed by atoms with van der Waals surface area (Å²) >= 11 is 0. The second kappa shape index (κ2) is 7.97. The molecule has 5 nitrogen and oxygen atoms in total. The van der Waals surface area contributed by atoms with Crippen molar-refractivity contribution in [1.29, 1.82) is 0 Å². The van der Waals surface area contributed by atoms with E-state index in [1.807, 2.05) is 12.1 Å². The number of hydrogen-bond acceptors (Lipinski definition) is 4. The quantitative estimate of drug-likeness (QED) is 0.798. The smallest absolute Gasteiger partial charge is 0.224 e. The first kappa shape index (κ1) is 14.9. The predicted molar refractivity (Wildman–Crippen MR) is 77.2 cm³/mol. The topological polar surface area (TPSA) is 65.5 Å². The zero-order valence-corrected chi connectivity index (χ0v) is 11.8. The van der Waals surface area contributed by atoms with Crippen LogP contribution < -0.4 is 5.32 Å². The molecule has 2 N–H and O–H groups in total. The molecule has 0 bridgehead atoms. The highest BCUT2D eigenvalue weighted by Gasteiger charge is 2.20. The van der Waals surface area contributed by atoms with Gasteiger partial charge in [-0.1, -0.05) is 12.5 Å². The molecule has 0 aromatic carbocycles. The average molecular weight is 277 g/mol. The van der Waals surface area contributed by atoms with Crippen LogP contribution in [0.3, 0.4) is 0 Å². The highest BCUT2D eigenvalue weighted by molar-refractivity contribution is 5.78. The highest BCUT2D eigenvalue weighted by Crippen LogP contribution is 2.15. The molecule has 1 fully saturated rings. The Hall–Kier alpha value is -1.46. The lowest BCUT2D eigenvalue weighted by Gasteiger charge is -2.34. The van der Waals surface area contributed by atoms with Crippen LogP contribution in [0.4, 0.5) is 0 Å². The van der Waals surface area contributed by atoms with E-state index in [-0.39, 0.29) is 18.6 Å². The minimum Gasteiger partial charge on any atom is -0.395 e. The van der Waals surface area contributed by atoms with Crippen LogP contribution in [0, 0.1) is 0 Å². The Labute approximate surface area is 120 Å². The van der Waals surface area contributed by atoms with Gasteiger partial charge in [0, 0.05) is 31.5 Å². The van der Waals surface area contributed by atoms with Crippen molar-refractivity contribution in [3.05, 3.63) is 30.1 Å². The number of carbonyl (C=O) groups excluding carboxylic acids is 1. The van der Waals surface area contributed by atoms with Gasteiger partial charge in [-0.3, -0.25) is 14.7 Å². The van der Waals surface area contributed by atoms with E-state index in [1.54, 1.807) is 12.4 Å². The lowest BCUT2D eigenvalue weighted by atomic mass is 10.0. The molecule has 110 valence electrons. The van der Waals surface area contributed by atoms with Gasteiger partial charge in [0.1, 0.15) is 0 Å². The van der Waals surface area contributed by atoms with Crippen molar-refractivity contribution in [3.8, 4) is 0 Å². The lowest BCUT2D eigenvalue weighted by molar-refractivity contribution is -0.120. The molecule has 0 saturated carbocycles. The predicted octanol–water partition coefficient (Wildman–Crippen LogP) is 0.587. The van der Waals surface area contributed by atoms with Crippen LogP contribution in [0.15, 0.2) is 24.5 Å². The number of hydrogen-bond donors (Lipinski definition) is 2. The zero-order chi connectivity index (χ0) is 14.2. The monoisotopic (exact) mass is 277 g/mol. The Morgan fingerprint density at radius 3 is 3.15 bits per heavy atom. The third-order valence-corrected chi connectivity index (χ3v) is 3.77. The molecule has 5 heteroatoms. The van der Waals surface area contributed by atoms with Gasteiger partial charge in [-0.15, -0.1) is 0 Å². The second-order valence-electron chi connectivity index (χ2n) is 5.26. The first-order chi connectivity index (χ1) is 9.79. The molecule has 1 aliphatic rings. The second-order valence-corrected chi connectivity index (χ2v) is 5.26. The van der Waals surface area contributed by atoms with E-state index < -0.39 is 0 Å². The van der Waals surface area contributed by atoms with Crippen molar-refractivity contribution < 1.29 is 9.90 Å². The number of aromatic nitrogens is 1. The van der Waals surface area contributed by atoms with Crippen LogP contribution in [0.1, 0.15) is 24.8 Å². The molecule has 0 spiro atoms. The maximum atomic E-state index is 11.8. The zero-order valence-electron chi connectivity index (χ0n) is 11.8. The van der Waals surface area contributed by atoms with E-state index in [4.69, 9.17) is 0 Å². The highest BCUT2D eigenvalue weighted by atomic mass is 16.3. The third kappa shape index (κ3) is 4.58. The molecule has 1 amide bonds. The van der Waals surface area contributed by atoms with Gasteiger partial charge < -0.3 is 10.4 Å². The fraction of sp³-hybridized carbons (Fsp3) is 0.600. The summed E-state index contributed by atoms with van der Waals surface area (Å²) in [7, 11) is 0. The normalized spacial score (nSPS) is 19.8. The van der Waals surface area contributed by atoms with E-state index in [2.05, 4.69) is 15.2 Å². The van der Waals surface area contributed by atoms with Crippen LogP contribution in [0.25, 0.3) is 0 Å². The van der Waals surface area contributed by atoms with Crippen molar-refractivity contribution in [1.82, 2.24) is 15.2 Å². The van der Waals surface area contributed by atoms with Crippen molar-refractivity contribution in [3.63, 3.8) is 0 Å². The van der Waals surface area contributed by atoms with Gasteiger partial charge in [0.2, 0.25) is 5.91 Å². The van der Waals surface area contributed by atoms with Crippen LogP contribution in [-0.4, -0.2) is 53.2 Å². The molecular weight excluding hydrogens is 254 g/mol. The number of amides is 1. The minimum absolute atomic E-state index is 0.0237. The van der Waals surface area contributed by atoms with Crippen molar-refractivity contribution >= 4 is 5.91 Å². The van der Waals surface area contributed by atoms with Gasteiger partial charge in [0.25, 0.3) is 0 Å². The Morgan fingerprint density at radius 1 is 1.50 bits per heavy atom. The average Bonchev–Trinajstić information content (AvgIpc) is 2.49. The van der Waals surface area contributed by atoms with Gasteiger partial charge in [-0.25, -0.2) is 0 Å². The Balaban J connectivity index is 1.68. The number of nitrogens with one attached hydrogen (secondary N) is 1. The molecule has 0 radical (unpaired) electrons. The van der Waals surface area contributed by atoms with Gasteiger partial charge >= 0.3 is 0 Å². The third-order valence-electron chi connectivity index (χ3n) is 3.77. The molecule has 2 heterocycles. The fourth-order valence-electron chi connectivity index (χ4n) is 2.65. The summed E-state index contributed by atoms with van der Waals surface area (Å²) in [5, 5.41) is 12.3. The van der Waals surface area contributed by atoms with E-state index in [1.165, 1.54) is 12.8 Å². The van der Waals surface area contributed by atoms with Crippen LogP contribution in [0.5, 0.6) is 0 Å². The lowest BCUT2D eigenvalue weighted by Crippen LogP contribution is -2.45. The number of likely N-dealkylation sites (tertiary alicyclic amines) is 1. The number of pyridine rings is 1. The number of carbonyl (C=O) groups is 1. The number of aliphatic hydroxyl groups is 1. The van der Waals surface area contributed by atoms with Crippen LogP contribution in [0.2, 0.25) is 0 Å². The maximum Gasteiger partial charge on any atom is 0.224 e. The summed E-state index contributed by atoms with van der Waals surface area (Å²) < 4.78 is 0. The standard InChI is InChI=1S/C15H23N3O2/c19-12-14-5-1-2-8-18(14)9-7-17-15(20)10-13-4-3-6-16-11-13/h3-4,6,11,14,19H,1-2,5,7-10,12H2,(H,17,20). The van der Waals surface area contributed by atoms with Crippen LogP contribution in [-0.2, 0) is 11.2 Å².